The average Bonchev–Trinajstić information content (AvgIpc) is 2.17. The molecule has 0 bridgehead atoms. The molecule has 0 saturated heterocycles. The van der Waals surface area contributed by atoms with Gasteiger partial charge in [-0.15, -0.1) is 0 Å². The molecular formula is C10H4Cl2F6O. The van der Waals surface area contributed by atoms with Crippen molar-refractivity contribution in [1.82, 2.24) is 0 Å². The van der Waals surface area contributed by atoms with E-state index in [0.29, 0.717) is 6.07 Å². The van der Waals surface area contributed by atoms with Crippen LogP contribution in [0.1, 0.15) is 10.4 Å². The number of alkyl halides is 6. The Hall–Kier alpha value is -0.950. The Bertz CT molecular complexity index is 480. The Labute approximate surface area is 113 Å². The number of ketones is 1. The van der Waals surface area contributed by atoms with Gasteiger partial charge >= 0.3 is 12.4 Å². The number of Topliss-reactive ketones (excluding diaryl/α,β-unsaturated/α-hetero) is 1. The van der Waals surface area contributed by atoms with E-state index in [4.69, 9.17) is 23.2 Å². The lowest BCUT2D eigenvalue weighted by atomic mass is 9.96. The van der Waals surface area contributed by atoms with Crippen LogP contribution in [-0.2, 0) is 0 Å². The molecular weight excluding hydrogens is 321 g/mol. The van der Waals surface area contributed by atoms with E-state index in [9.17, 15) is 31.1 Å². The van der Waals surface area contributed by atoms with Gasteiger partial charge in [0.05, 0.1) is 5.02 Å². The third-order valence-corrected chi connectivity index (χ3v) is 2.68. The zero-order chi connectivity index (χ0) is 15.0. The first-order chi connectivity index (χ1) is 8.44. The molecule has 0 aliphatic heterocycles. The van der Waals surface area contributed by atoms with Gasteiger partial charge in [0.2, 0.25) is 5.92 Å². The van der Waals surface area contributed by atoms with Gasteiger partial charge in [0.15, 0.2) is 5.78 Å². The summed E-state index contributed by atoms with van der Waals surface area (Å²) in [5.41, 5.74) is -0.922. The zero-order valence-electron chi connectivity index (χ0n) is 8.74. The van der Waals surface area contributed by atoms with E-state index in [0.717, 1.165) is 12.1 Å². The molecule has 0 aromatic heterocycles. The van der Waals surface area contributed by atoms with E-state index >= 15 is 0 Å². The molecule has 0 aliphatic rings. The molecule has 0 saturated carbocycles. The summed E-state index contributed by atoms with van der Waals surface area (Å²) in [6.07, 6.45) is -11.5. The standard InChI is InChI=1S/C10H4Cl2F6O/c11-4-1-2-6(12)5(3-4)7(19)8(9(13,14)15)10(16,17)18/h1-3,8H. The van der Waals surface area contributed by atoms with Crippen LogP contribution in [-0.4, -0.2) is 18.1 Å². The van der Waals surface area contributed by atoms with Crippen LogP contribution >= 0.6 is 23.2 Å². The van der Waals surface area contributed by atoms with Gasteiger partial charge < -0.3 is 0 Å². The molecule has 0 aliphatic carbocycles. The van der Waals surface area contributed by atoms with E-state index in [2.05, 4.69) is 0 Å². The number of carbonyl (C=O) groups is 1. The Morgan fingerprint density at radius 1 is 1.00 bits per heavy atom. The number of carbonyl (C=O) groups excluding carboxylic acids is 1. The van der Waals surface area contributed by atoms with E-state index in [1.807, 2.05) is 0 Å². The maximum atomic E-state index is 12.4. The fraction of sp³-hybridized carbons (Fsp3) is 0.300. The van der Waals surface area contributed by atoms with Gasteiger partial charge in [-0.2, -0.15) is 26.3 Å². The summed E-state index contributed by atoms with van der Waals surface area (Å²) < 4.78 is 74.2. The first kappa shape index (κ1) is 16.1. The van der Waals surface area contributed by atoms with Crippen LogP contribution in [0, 0.1) is 5.92 Å². The highest BCUT2D eigenvalue weighted by Gasteiger charge is 2.61. The van der Waals surface area contributed by atoms with Gasteiger partial charge in [0.1, 0.15) is 0 Å². The molecule has 0 amide bonds. The Morgan fingerprint density at radius 3 is 1.89 bits per heavy atom. The van der Waals surface area contributed by atoms with Crippen molar-refractivity contribution in [2.75, 3.05) is 0 Å². The van der Waals surface area contributed by atoms with E-state index in [-0.39, 0.29) is 5.02 Å². The van der Waals surface area contributed by atoms with Crippen LogP contribution in [0.4, 0.5) is 26.3 Å². The van der Waals surface area contributed by atoms with Gasteiger partial charge in [-0.25, -0.2) is 0 Å². The van der Waals surface area contributed by atoms with Crippen LogP contribution in [0.15, 0.2) is 18.2 Å². The summed E-state index contributed by atoms with van der Waals surface area (Å²) >= 11 is 10.8. The highest BCUT2D eigenvalue weighted by atomic mass is 35.5. The quantitative estimate of drug-likeness (QED) is 0.557. The van der Waals surface area contributed by atoms with Crippen molar-refractivity contribution in [3.05, 3.63) is 33.8 Å². The predicted molar refractivity (Wildman–Crippen MR) is 56.4 cm³/mol. The van der Waals surface area contributed by atoms with Crippen molar-refractivity contribution in [1.29, 1.82) is 0 Å². The summed E-state index contributed by atoms with van der Waals surface area (Å²) in [7, 11) is 0. The lowest BCUT2D eigenvalue weighted by Gasteiger charge is -2.22. The van der Waals surface area contributed by atoms with Gasteiger partial charge in [-0.1, -0.05) is 23.2 Å². The fourth-order valence-corrected chi connectivity index (χ4v) is 1.71. The second kappa shape index (κ2) is 5.20. The molecule has 19 heavy (non-hydrogen) atoms. The van der Waals surface area contributed by atoms with Crippen molar-refractivity contribution in [2.24, 2.45) is 5.92 Å². The van der Waals surface area contributed by atoms with Gasteiger partial charge in [0.25, 0.3) is 0 Å². The first-order valence-electron chi connectivity index (χ1n) is 4.57. The van der Waals surface area contributed by atoms with Crippen LogP contribution in [0.5, 0.6) is 0 Å². The molecule has 0 heterocycles. The third-order valence-electron chi connectivity index (χ3n) is 2.11. The SMILES string of the molecule is O=C(c1cc(Cl)ccc1Cl)C(C(F)(F)F)C(F)(F)F. The van der Waals surface area contributed by atoms with E-state index in [1.54, 1.807) is 0 Å². The van der Waals surface area contributed by atoms with Crippen molar-refractivity contribution in [3.8, 4) is 0 Å². The Kier molecular flexibility index (Phi) is 4.41. The van der Waals surface area contributed by atoms with Crippen LogP contribution < -0.4 is 0 Å². The molecule has 0 atom stereocenters. The minimum Gasteiger partial charge on any atom is -0.293 e. The van der Waals surface area contributed by atoms with E-state index in [1.165, 1.54) is 0 Å². The molecule has 1 nitrogen and oxygen atoms in total. The number of halogens is 8. The minimum atomic E-state index is -5.76. The van der Waals surface area contributed by atoms with Crippen molar-refractivity contribution < 1.29 is 31.1 Å². The normalized spacial score (nSPS) is 12.9. The minimum absolute atomic E-state index is 0.198. The molecule has 106 valence electrons. The molecule has 0 fully saturated rings. The zero-order valence-corrected chi connectivity index (χ0v) is 10.3. The first-order valence-corrected chi connectivity index (χ1v) is 5.33. The molecule has 0 unspecified atom stereocenters. The smallest absolute Gasteiger partial charge is 0.293 e. The maximum absolute atomic E-state index is 12.4. The molecule has 0 radical (unpaired) electrons. The third kappa shape index (κ3) is 3.76. The topological polar surface area (TPSA) is 17.1 Å². The molecule has 1 aromatic carbocycles. The number of hydrogen-bond acceptors (Lipinski definition) is 1. The van der Waals surface area contributed by atoms with Crippen LogP contribution in [0.25, 0.3) is 0 Å². The highest BCUT2D eigenvalue weighted by Crippen LogP contribution is 2.42. The Balaban J connectivity index is 3.32. The summed E-state index contributed by atoms with van der Waals surface area (Å²) in [5.74, 6) is -6.32. The van der Waals surface area contributed by atoms with Gasteiger partial charge in [-0.3, -0.25) is 4.79 Å². The largest absolute Gasteiger partial charge is 0.407 e. The van der Waals surface area contributed by atoms with Crippen LogP contribution in [0.3, 0.4) is 0 Å². The molecule has 0 spiro atoms. The summed E-state index contributed by atoms with van der Waals surface area (Å²) in [4.78, 5) is 11.4. The van der Waals surface area contributed by atoms with Crippen molar-refractivity contribution in [3.63, 3.8) is 0 Å². The molecule has 1 rings (SSSR count). The van der Waals surface area contributed by atoms with Crippen LogP contribution in [0.2, 0.25) is 10.0 Å². The average molecular weight is 325 g/mol. The molecule has 0 N–H and O–H groups in total. The lowest BCUT2D eigenvalue weighted by Crippen LogP contribution is -2.42. The molecule has 1 aromatic rings. The van der Waals surface area contributed by atoms with Gasteiger partial charge in [-0.05, 0) is 18.2 Å². The van der Waals surface area contributed by atoms with E-state index < -0.39 is 34.6 Å². The molecule has 9 heteroatoms. The predicted octanol–water partition coefficient (Wildman–Crippen LogP) is 4.92. The second-order valence-electron chi connectivity index (χ2n) is 3.50. The lowest BCUT2D eigenvalue weighted by molar-refractivity contribution is -0.264. The maximum Gasteiger partial charge on any atom is 0.407 e. The second-order valence-corrected chi connectivity index (χ2v) is 4.35. The van der Waals surface area contributed by atoms with Crippen molar-refractivity contribution >= 4 is 29.0 Å². The summed E-state index contributed by atoms with van der Waals surface area (Å²) in [5, 5.41) is -0.733. The monoisotopic (exact) mass is 324 g/mol. The van der Waals surface area contributed by atoms with Crippen molar-refractivity contribution in [2.45, 2.75) is 12.4 Å². The summed E-state index contributed by atoms with van der Waals surface area (Å²) in [6, 6.07) is 2.74. The Morgan fingerprint density at radius 2 is 1.47 bits per heavy atom. The summed E-state index contributed by atoms with van der Waals surface area (Å²) in [6.45, 7) is 0. The number of hydrogen-bond donors (Lipinski definition) is 0. The number of benzene rings is 1. The van der Waals surface area contributed by atoms with Gasteiger partial charge in [0, 0.05) is 10.6 Å². The highest BCUT2D eigenvalue weighted by molar-refractivity contribution is 6.36. The fourth-order valence-electron chi connectivity index (χ4n) is 1.32. The number of rotatable bonds is 2.